The fourth-order valence-corrected chi connectivity index (χ4v) is 1.46. The lowest BCUT2D eigenvalue weighted by Gasteiger charge is -2.05. The molecule has 0 N–H and O–H groups in total. The van der Waals surface area contributed by atoms with Crippen LogP contribution < -0.4 is 0 Å². The van der Waals surface area contributed by atoms with Crippen LogP contribution in [0.1, 0.15) is 30.2 Å². The quantitative estimate of drug-likeness (QED) is 0.464. The molecule has 1 aromatic rings. The predicted octanol–water partition coefficient (Wildman–Crippen LogP) is 1.90. The fourth-order valence-electron chi connectivity index (χ4n) is 1.46. The average molecular weight is 285 g/mol. The first kappa shape index (κ1) is 15.4. The van der Waals surface area contributed by atoms with Gasteiger partial charge >= 0.3 is 11.8 Å². The first-order valence-corrected chi connectivity index (χ1v) is 5.42. The number of ether oxygens (including phenoxy) is 1. The van der Waals surface area contributed by atoms with Crippen molar-refractivity contribution < 1.29 is 23.2 Å². The molecule has 0 atom stereocenters. The van der Waals surface area contributed by atoms with Crippen LogP contribution >= 0.6 is 0 Å². The second-order valence-electron chi connectivity index (χ2n) is 3.55. The molecule has 0 aliphatic rings. The molecule has 20 heavy (non-hydrogen) atoms. The molecular formula is C11H9F2N3O4. The molecule has 0 amide bonds. The van der Waals surface area contributed by atoms with E-state index < -0.39 is 46.4 Å². The zero-order chi connectivity index (χ0) is 15.3. The molecule has 1 aromatic heterocycles. The van der Waals surface area contributed by atoms with Gasteiger partial charge in [-0.1, -0.05) is 0 Å². The Bertz CT molecular complexity index is 584. The molecule has 7 nitrogen and oxygen atoms in total. The minimum atomic E-state index is -3.01. The monoisotopic (exact) mass is 285 g/mol. The number of aromatic nitrogens is 1. The van der Waals surface area contributed by atoms with Crippen LogP contribution in [0.15, 0.2) is 6.07 Å². The molecule has 1 heterocycles. The van der Waals surface area contributed by atoms with Gasteiger partial charge in [0.05, 0.1) is 12.2 Å². The minimum Gasteiger partial charge on any atom is -0.466 e. The normalized spacial score (nSPS) is 10.2. The number of nitriles is 1. The Morgan fingerprint density at radius 3 is 2.75 bits per heavy atom. The molecule has 0 unspecified atom stereocenters. The molecule has 0 bridgehead atoms. The van der Waals surface area contributed by atoms with Gasteiger partial charge in [0.25, 0.3) is 6.43 Å². The molecule has 0 saturated heterocycles. The van der Waals surface area contributed by atoms with Crippen molar-refractivity contribution in [3.8, 4) is 6.07 Å². The Labute approximate surface area is 111 Å². The van der Waals surface area contributed by atoms with Crippen molar-refractivity contribution in [2.45, 2.75) is 19.8 Å². The highest BCUT2D eigenvalue weighted by atomic mass is 19.3. The van der Waals surface area contributed by atoms with E-state index in [9.17, 15) is 23.7 Å². The fraction of sp³-hybridized carbons (Fsp3) is 0.364. The highest BCUT2D eigenvalue weighted by Crippen LogP contribution is 2.27. The number of nitrogens with zero attached hydrogens (tertiary/aromatic N) is 3. The summed E-state index contributed by atoms with van der Waals surface area (Å²) >= 11 is 0. The Balaban J connectivity index is 3.33. The molecular weight excluding hydrogens is 276 g/mol. The molecule has 0 fully saturated rings. The van der Waals surface area contributed by atoms with Gasteiger partial charge < -0.3 is 14.9 Å². The third-order valence-electron chi connectivity index (χ3n) is 2.26. The molecule has 0 aromatic carbocycles. The highest BCUT2D eigenvalue weighted by Gasteiger charge is 2.27. The van der Waals surface area contributed by atoms with Crippen LogP contribution in [0, 0.1) is 21.4 Å². The van der Waals surface area contributed by atoms with Crippen molar-refractivity contribution >= 4 is 11.8 Å². The maximum Gasteiger partial charge on any atom is 0.381 e. The maximum absolute atomic E-state index is 12.8. The SMILES string of the molecule is CCOC(=O)Cc1nc([N+](=O)[O-])c(C#N)cc1C(F)F. The molecule has 0 spiro atoms. The van der Waals surface area contributed by atoms with E-state index in [1.54, 1.807) is 0 Å². The van der Waals surface area contributed by atoms with Crippen LogP contribution in [0.4, 0.5) is 14.6 Å². The van der Waals surface area contributed by atoms with Crippen molar-refractivity contribution in [3.05, 3.63) is 33.0 Å². The summed E-state index contributed by atoms with van der Waals surface area (Å²) in [6.45, 7) is 1.57. The molecule has 1 rings (SSSR count). The average Bonchev–Trinajstić information content (AvgIpc) is 2.37. The van der Waals surface area contributed by atoms with E-state index in [0.29, 0.717) is 6.07 Å². The van der Waals surface area contributed by atoms with Crippen molar-refractivity contribution in [2.75, 3.05) is 6.61 Å². The molecule has 0 aliphatic carbocycles. The van der Waals surface area contributed by atoms with Crippen molar-refractivity contribution in [1.29, 1.82) is 5.26 Å². The Morgan fingerprint density at radius 1 is 1.65 bits per heavy atom. The first-order valence-electron chi connectivity index (χ1n) is 5.42. The summed E-state index contributed by atoms with van der Waals surface area (Å²) in [7, 11) is 0. The second kappa shape index (κ2) is 6.51. The smallest absolute Gasteiger partial charge is 0.381 e. The molecule has 0 aliphatic heterocycles. The third kappa shape index (κ3) is 3.44. The first-order chi connectivity index (χ1) is 9.40. The van der Waals surface area contributed by atoms with Gasteiger partial charge in [-0.2, -0.15) is 5.26 Å². The van der Waals surface area contributed by atoms with Crippen LogP contribution in [-0.2, 0) is 16.0 Å². The van der Waals surface area contributed by atoms with Gasteiger partial charge in [-0.3, -0.25) is 4.79 Å². The van der Waals surface area contributed by atoms with Gasteiger partial charge in [-0.15, -0.1) is 0 Å². The molecule has 106 valence electrons. The van der Waals surface area contributed by atoms with Gasteiger partial charge in [-0.05, 0) is 22.9 Å². The summed E-state index contributed by atoms with van der Waals surface area (Å²) < 4.78 is 30.3. The summed E-state index contributed by atoms with van der Waals surface area (Å²) in [6, 6.07) is 2.10. The van der Waals surface area contributed by atoms with Crippen LogP contribution in [-0.4, -0.2) is 22.5 Å². The lowest BCUT2D eigenvalue weighted by Crippen LogP contribution is -2.13. The Hall–Kier alpha value is -2.63. The van der Waals surface area contributed by atoms with E-state index in [4.69, 9.17) is 5.26 Å². The van der Waals surface area contributed by atoms with Gasteiger partial charge in [-0.25, -0.2) is 8.78 Å². The summed E-state index contributed by atoms with van der Waals surface area (Å²) in [4.78, 5) is 24.4. The van der Waals surface area contributed by atoms with Crippen molar-refractivity contribution in [2.24, 2.45) is 0 Å². The maximum atomic E-state index is 12.8. The van der Waals surface area contributed by atoms with E-state index in [1.807, 2.05) is 0 Å². The summed E-state index contributed by atoms with van der Waals surface area (Å²) in [5.41, 5.74) is -1.75. The van der Waals surface area contributed by atoms with Crippen molar-refractivity contribution in [3.63, 3.8) is 0 Å². The zero-order valence-corrected chi connectivity index (χ0v) is 10.3. The van der Waals surface area contributed by atoms with Gasteiger partial charge in [0.2, 0.25) is 0 Å². The highest BCUT2D eigenvalue weighted by molar-refractivity contribution is 5.72. The number of esters is 1. The number of pyridine rings is 1. The van der Waals surface area contributed by atoms with E-state index in [2.05, 4.69) is 9.72 Å². The number of carbonyl (C=O) groups excluding carboxylic acids is 1. The van der Waals surface area contributed by atoms with Gasteiger partial charge in [0, 0.05) is 0 Å². The van der Waals surface area contributed by atoms with E-state index in [0.717, 1.165) is 0 Å². The Morgan fingerprint density at radius 2 is 2.30 bits per heavy atom. The number of rotatable bonds is 5. The second-order valence-corrected chi connectivity index (χ2v) is 3.55. The largest absolute Gasteiger partial charge is 0.466 e. The predicted molar refractivity (Wildman–Crippen MR) is 60.9 cm³/mol. The molecule has 0 radical (unpaired) electrons. The lowest BCUT2D eigenvalue weighted by molar-refractivity contribution is -0.389. The van der Waals surface area contributed by atoms with E-state index in [-0.39, 0.29) is 6.61 Å². The van der Waals surface area contributed by atoms with Crippen molar-refractivity contribution in [1.82, 2.24) is 4.98 Å². The Kier molecular flexibility index (Phi) is 5.02. The summed E-state index contributed by atoms with van der Waals surface area (Å²) in [5, 5.41) is 19.4. The molecule has 0 saturated carbocycles. The number of halogens is 2. The number of alkyl halides is 2. The number of nitro groups is 1. The minimum absolute atomic E-state index is 0.0429. The van der Waals surface area contributed by atoms with Gasteiger partial charge in [0.1, 0.15) is 12.5 Å². The third-order valence-corrected chi connectivity index (χ3v) is 2.26. The van der Waals surface area contributed by atoms with E-state index >= 15 is 0 Å². The van der Waals surface area contributed by atoms with E-state index in [1.165, 1.54) is 13.0 Å². The van der Waals surface area contributed by atoms with Crippen LogP contribution in [0.2, 0.25) is 0 Å². The summed E-state index contributed by atoms with van der Waals surface area (Å²) in [5.74, 6) is -1.70. The standard InChI is InChI=1S/C11H9F2N3O4/c1-2-20-9(17)4-8-7(10(12)13)3-6(5-14)11(15-8)16(18)19/h3,10H,2,4H2,1H3. The van der Waals surface area contributed by atoms with Crippen LogP contribution in [0.3, 0.4) is 0 Å². The zero-order valence-electron chi connectivity index (χ0n) is 10.3. The summed E-state index contributed by atoms with van der Waals surface area (Å²) in [6.07, 6.45) is -3.64. The topological polar surface area (TPSA) is 106 Å². The van der Waals surface area contributed by atoms with Crippen LogP contribution in [0.5, 0.6) is 0 Å². The lowest BCUT2D eigenvalue weighted by atomic mass is 10.1. The number of carbonyl (C=O) groups is 1. The number of hydrogen-bond donors (Lipinski definition) is 0. The number of hydrogen-bond acceptors (Lipinski definition) is 6. The van der Waals surface area contributed by atoms with Crippen LogP contribution in [0.25, 0.3) is 0 Å². The van der Waals surface area contributed by atoms with Gasteiger partial charge in [0.15, 0.2) is 11.3 Å². The molecule has 9 heteroatoms.